The van der Waals surface area contributed by atoms with Crippen LogP contribution in [0.15, 0.2) is 12.2 Å². The fraction of sp³-hybridized carbons (Fsp3) is 0.833. The van der Waals surface area contributed by atoms with Crippen molar-refractivity contribution in [2.75, 3.05) is 13.2 Å². The van der Waals surface area contributed by atoms with Gasteiger partial charge in [0.1, 0.15) is 6.10 Å². The van der Waals surface area contributed by atoms with Crippen molar-refractivity contribution < 1.29 is 14.3 Å². The van der Waals surface area contributed by atoms with Crippen LogP contribution in [0.4, 0.5) is 0 Å². The summed E-state index contributed by atoms with van der Waals surface area (Å²) < 4.78 is 11.7. The van der Waals surface area contributed by atoms with Crippen molar-refractivity contribution in [1.29, 1.82) is 0 Å². The molecule has 0 spiro atoms. The monoisotopic (exact) mass is 244 g/mol. The number of hydrogen-bond donors (Lipinski definition) is 1. The van der Waals surface area contributed by atoms with E-state index in [9.17, 15) is 5.11 Å². The molecule has 0 radical (unpaired) electrons. The van der Waals surface area contributed by atoms with Crippen LogP contribution in [0.5, 0.6) is 0 Å². The number of ether oxygens (including phenoxy) is 1. The molecule has 0 saturated heterocycles. The summed E-state index contributed by atoms with van der Waals surface area (Å²) in [6.45, 7) is 11.6. The van der Waals surface area contributed by atoms with Gasteiger partial charge < -0.3 is 14.3 Å². The Bertz CT molecular complexity index is 255. The molecular formula is C12H24O3Si. The van der Waals surface area contributed by atoms with E-state index in [2.05, 4.69) is 33.9 Å². The molecule has 0 fully saturated rings. The summed E-state index contributed by atoms with van der Waals surface area (Å²) in [4.78, 5) is 0. The second-order valence-electron chi connectivity index (χ2n) is 5.83. The highest BCUT2D eigenvalue weighted by atomic mass is 28.4. The average molecular weight is 244 g/mol. The molecule has 1 aliphatic heterocycles. The number of rotatable bonds is 3. The first-order valence-electron chi connectivity index (χ1n) is 5.85. The van der Waals surface area contributed by atoms with Gasteiger partial charge in [-0.2, -0.15) is 0 Å². The Kier molecular flexibility index (Phi) is 4.34. The third-order valence-corrected chi connectivity index (χ3v) is 7.99. The molecule has 4 heteroatoms. The molecule has 1 unspecified atom stereocenters. The van der Waals surface area contributed by atoms with Crippen molar-refractivity contribution in [3.05, 3.63) is 12.2 Å². The first kappa shape index (κ1) is 13.9. The maximum atomic E-state index is 9.24. The van der Waals surface area contributed by atoms with Crippen LogP contribution < -0.4 is 0 Å². The van der Waals surface area contributed by atoms with E-state index in [0.717, 1.165) is 0 Å². The molecule has 3 nitrogen and oxygen atoms in total. The van der Waals surface area contributed by atoms with Crippen LogP contribution in [0.3, 0.4) is 0 Å². The van der Waals surface area contributed by atoms with Crippen molar-refractivity contribution in [2.45, 2.75) is 51.1 Å². The molecule has 0 aromatic heterocycles. The lowest BCUT2D eigenvalue weighted by atomic mass is 10.2. The van der Waals surface area contributed by atoms with Crippen molar-refractivity contribution >= 4 is 8.32 Å². The lowest BCUT2D eigenvalue weighted by molar-refractivity contribution is -0.0394. The van der Waals surface area contributed by atoms with E-state index >= 15 is 0 Å². The van der Waals surface area contributed by atoms with Gasteiger partial charge >= 0.3 is 0 Å². The van der Waals surface area contributed by atoms with Gasteiger partial charge in [0, 0.05) is 0 Å². The first-order valence-corrected chi connectivity index (χ1v) is 8.76. The number of aliphatic hydroxyl groups is 1. The predicted molar refractivity (Wildman–Crippen MR) is 68.0 cm³/mol. The van der Waals surface area contributed by atoms with Gasteiger partial charge in [-0.3, -0.25) is 0 Å². The standard InChI is InChI=1S/C12H24O3Si/c1-12(2,3)16(4,5)15-10-7-6-8-14-11(10)9-13/h6-7,10-11,13H,8-9H2,1-5H3/t10?,11-/m1/s1. The normalized spacial score (nSPS) is 27.1. The van der Waals surface area contributed by atoms with Gasteiger partial charge in [0.25, 0.3) is 0 Å². The third-order valence-electron chi connectivity index (χ3n) is 3.52. The molecule has 16 heavy (non-hydrogen) atoms. The topological polar surface area (TPSA) is 38.7 Å². The van der Waals surface area contributed by atoms with Crippen LogP contribution in [0, 0.1) is 0 Å². The van der Waals surface area contributed by atoms with E-state index in [-0.39, 0.29) is 23.9 Å². The van der Waals surface area contributed by atoms with E-state index < -0.39 is 8.32 Å². The maximum Gasteiger partial charge on any atom is 0.193 e. The Morgan fingerprint density at radius 3 is 2.56 bits per heavy atom. The smallest absolute Gasteiger partial charge is 0.193 e. The van der Waals surface area contributed by atoms with Gasteiger partial charge in [-0.05, 0) is 18.1 Å². The van der Waals surface area contributed by atoms with Gasteiger partial charge in [-0.25, -0.2) is 0 Å². The van der Waals surface area contributed by atoms with Crippen LogP contribution in [0.1, 0.15) is 20.8 Å². The Morgan fingerprint density at radius 2 is 2.06 bits per heavy atom. The van der Waals surface area contributed by atoms with E-state index in [1.807, 2.05) is 12.2 Å². The van der Waals surface area contributed by atoms with Gasteiger partial charge in [-0.1, -0.05) is 32.9 Å². The molecule has 0 bridgehead atoms. The van der Waals surface area contributed by atoms with Crippen molar-refractivity contribution in [3.8, 4) is 0 Å². The molecular weight excluding hydrogens is 220 g/mol. The minimum absolute atomic E-state index is 0.0175. The van der Waals surface area contributed by atoms with Gasteiger partial charge in [-0.15, -0.1) is 0 Å². The van der Waals surface area contributed by atoms with Gasteiger partial charge in [0.05, 0.1) is 19.3 Å². The molecule has 1 N–H and O–H groups in total. The zero-order valence-corrected chi connectivity index (χ0v) is 12.0. The zero-order valence-electron chi connectivity index (χ0n) is 11.0. The van der Waals surface area contributed by atoms with Crippen molar-refractivity contribution in [3.63, 3.8) is 0 Å². The quantitative estimate of drug-likeness (QED) is 0.612. The molecule has 0 aromatic rings. The Balaban J connectivity index is 2.71. The largest absolute Gasteiger partial charge is 0.408 e. The van der Waals surface area contributed by atoms with Crippen LogP contribution in [0.2, 0.25) is 18.1 Å². The predicted octanol–water partition coefficient (Wildman–Crippen LogP) is 2.32. The zero-order chi connectivity index (χ0) is 12.4. The van der Waals surface area contributed by atoms with E-state index in [0.29, 0.717) is 6.61 Å². The van der Waals surface area contributed by atoms with E-state index in [1.54, 1.807) is 0 Å². The van der Waals surface area contributed by atoms with Crippen molar-refractivity contribution in [1.82, 2.24) is 0 Å². The second kappa shape index (κ2) is 5.00. The molecule has 0 aliphatic carbocycles. The molecule has 1 aliphatic rings. The molecule has 2 atom stereocenters. The van der Waals surface area contributed by atoms with Crippen LogP contribution in [0.25, 0.3) is 0 Å². The number of aliphatic hydroxyl groups excluding tert-OH is 1. The third kappa shape index (κ3) is 3.17. The summed E-state index contributed by atoms with van der Waals surface area (Å²) in [6.07, 6.45) is 3.67. The summed E-state index contributed by atoms with van der Waals surface area (Å²) >= 11 is 0. The highest BCUT2D eigenvalue weighted by molar-refractivity contribution is 6.74. The Morgan fingerprint density at radius 1 is 1.44 bits per heavy atom. The molecule has 0 aromatic carbocycles. The molecule has 1 rings (SSSR count). The van der Waals surface area contributed by atoms with Crippen LogP contribution >= 0.6 is 0 Å². The summed E-state index contributed by atoms with van der Waals surface area (Å²) in [6, 6.07) is 0. The SMILES string of the molecule is CC(C)(C)[Si](C)(C)OC1C=CCO[C@@H]1CO. The average Bonchev–Trinajstić information content (AvgIpc) is 2.16. The maximum absolute atomic E-state index is 9.24. The molecule has 94 valence electrons. The minimum Gasteiger partial charge on any atom is -0.408 e. The fourth-order valence-corrected chi connectivity index (χ4v) is 2.64. The Labute approximate surface area is 99.6 Å². The van der Waals surface area contributed by atoms with E-state index in [4.69, 9.17) is 9.16 Å². The van der Waals surface area contributed by atoms with Crippen LogP contribution in [-0.2, 0) is 9.16 Å². The Hall–Kier alpha value is -0.163. The lowest BCUT2D eigenvalue weighted by Crippen LogP contribution is -2.48. The fourth-order valence-electron chi connectivity index (χ4n) is 1.38. The first-order chi connectivity index (χ1) is 7.28. The molecule has 1 heterocycles. The summed E-state index contributed by atoms with van der Waals surface area (Å²) in [7, 11) is -1.79. The number of hydrogen-bond acceptors (Lipinski definition) is 3. The lowest BCUT2D eigenvalue weighted by Gasteiger charge is -2.41. The van der Waals surface area contributed by atoms with E-state index in [1.165, 1.54) is 0 Å². The highest BCUT2D eigenvalue weighted by Gasteiger charge is 2.40. The summed E-state index contributed by atoms with van der Waals surface area (Å²) in [5.74, 6) is 0. The van der Waals surface area contributed by atoms with Gasteiger partial charge in [0.2, 0.25) is 0 Å². The highest BCUT2D eigenvalue weighted by Crippen LogP contribution is 2.38. The second-order valence-corrected chi connectivity index (χ2v) is 10.6. The summed E-state index contributed by atoms with van der Waals surface area (Å²) in [5, 5.41) is 9.42. The minimum atomic E-state index is -1.79. The van der Waals surface area contributed by atoms with Crippen LogP contribution in [-0.4, -0.2) is 38.8 Å². The van der Waals surface area contributed by atoms with Crippen molar-refractivity contribution in [2.24, 2.45) is 0 Å². The molecule has 0 amide bonds. The molecule has 0 saturated carbocycles. The van der Waals surface area contributed by atoms with Gasteiger partial charge in [0.15, 0.2) is 8.32 Å². The summed E-state index contributed by atoms with van der Waals surface area (Å²) in [5.41, 5.74) is 0.